The number of carboxylic acid groups (broad SMARTS) is 1. The van der Waals surface area contributed by atoms with Crippen molar-refractivity contribution in [3.63, 3.8) is 0 Å². The summed E-state index contributed by atoms with van der Waals surface area (Å²) in [5.41, 5.74) is 2.12. The van der Waals surface area contributed by atoms with Crippen molar-refractivity contribution in [2.75, 3.05) is 6.54 Å². The predicted molar refractivity (Wildman–Crippen MR) is 74.0 cm³/mol. The quantitative estimate of drug-likeness (QED) is 0.797. The van der Waals surface area contributed by atoms with Gasteiger partial charge in [0, 0.05) is 24.1 Å². The third-order valence-electron chi connectivity index (χ3n) is 2.96. The minimum Gasteiger partial charge on any atom is -0.478 e. The molecule has 0 atom stereocenters. The fourth-order valence-corrected chi connectivity index (χ4v) is 1.94. The Morgan fingerprint density at radius 1 is 1.26 bits per heavy atom. The summed E-state index contributed by atoms with van der Waals surface area (Å²) < 4.78 is 0. The monoisotopic (exact) mass is 261 g/mol. The van der Waals surface area contributed by atoms with Crippen LogP contribution in [-0.2, 0) is 15.0 Å². The predicted octanol–water partition coefficient (Wildman–Crippen LogP) is 2.03. The third kappa shape index (κ3) is 4.58. The standard InChI is InChI=1S/C15H19NO3/c1-11-6-4-5-7-12(11)15(2,3)10-16-13(17)8-9-14(18)19/h4-9H,10H2,1-3H3,(H,16,17)(H,18,19)/b9-8+. The number of aryl methyl sites for hydroxylation is 1. The molecular weight excluding hydrogens is 242 g/mol. The summed E-state index contributed by atoms with van der Waals surface area (Å²) in [7, 11) is 0. The van der Waals surface area contributed by atoms with Crippen LogP contribution in [0.15, 0.2) is 36.4 Å². The Hall–Kier alpha value is -2.10. The van der Waals surface area contributed by atoms with Crippen LogP contribution in [-0.4, -0.2) is 23.5 Å². The van der Waals surface area contributed by atoms with Crippen molar-refractivity contribution in [3.8, 4) is 0 Å². The van der Waals surface area contributed by atoms with Gasteiger partial charge in [0.2, 0.25) is 5.91 Å². The normalized spacial score (nSPS) is 11.5. The summed E-state index contributed by atoms with van der Waals surface area (Å²) in [5.74, 6) is -1.53. The van der Waals surface area contributed by atoms with Crippen molar-refractivity contribution in [3.05, 3.63) is 47.5 Å². The van der Waals surface area contributed by atoms with Gasteiger partial charge in [-0.1, -0.05) is 38.1 Å². The number of carbonyl (C=O) groups is 2. The van der Waals surface area contributed by atoms with Gasteiger partial charge in [0.15, 0.2) is 0 Å². The molecule has 19 heavy (non-hydrogen) atoms. The maximum absolute atomic E-state index is 11.4. The molecule has 1 amide bonds. The molecule has 0 radical (unpaired) electrons. The highest BCUT2D eigenvalue weighted by Crippen LogP contribution is 2.25. The number of amides is 1. The van der Waals surface area contributed by atoms with E-state index in [-0.39, 0.29) is 5.41 Å². The Balaban J connectivity index is 2.68. The van der Waals surface area contributed by atoms with E-state index in [0.29, 0.717) is 6.54 Å². The highest BCUT2D eigenvalue weighted by atomic mass is 16.4. The van der Waals surface area contributed by atoms with Gasteiger partial charge in [0.05, 0.1) is 0 Å². The molecule has 0 aliphatic carbocycles. The molecule has 1 aromatic carbocycles. The summed E-state index contributed by atoms with van der Waals surface area (Å²) in [6.07, 6.45) is 1.85. The summed E-state index contributed by atoms with van der Waals surface area (Å²) >= 11 is 0. The number of rotatable bonds is 5. The SMILES string of the molecule is Cc1ccccc1C(C)(C)CNC(=O)/C=C/C(=O)O. The summed E-state index contributed by atoms with van der Waals surface area (Å²) in [6, 6.07) is 8.01. The van der Waals surface area contributed by atoms with Crippen LogP contribution in [0.3, 0.4) is 0 Å². The van der Waals surface area contributed by atoms with Crippen molar-refractivity contribution >= 4 is 11.9 Å². The Morgan fingerprint density at radius 2 is 1.89 bits per heavy atom. The minimum absolute atomic E-state index is 0.210. The fourth-order valence-electron chi connectivity index (χ4n) is 1.94. The topological polar surface area (TPSA) is 66.4 Å². The van der Waals surface area contributed by atoms with Crippen molar-refractivity contribution in [1.29, 1.82) is 0 Å². The molecule has 0 saturated heterocycles. The van der Waals surface area contributed by atoms with E-state index in [1.165, 1.54) is 5.56 Å². The number of hydrogen-bond acceptors (Lipinski definition) is 2. The molecular formula is C15H19NO3. The van der Waals surface area contributed by atoms with E-state index >= 15 is 0 Å². The van der Waals surface area contributed by atoms with E-state index < -0.39 is 11.9 Å². The van der Waals surface area contributed by atoms with Gasteiger partial charge in [-0.2, -0.15) is 0 Å². The molecule has 1 aromatic rings. The van der Waals surface area contributed by atoms with Gasteiger partial charge in [0.25, 0.3) is 0 Å². The highest BCUT2D eigenvalue weighted by Gasteiger charge is 2.22. The zero-order valence-corrected chi connectivity index (χ0v) is 11.4. The van der Waals surface area contributed by atoms with Gasteiger partial charge in [-0.3, -0.25) is 4.79 Å². The first kappa shape index (κ1) is 15.0. The second kappa shape index (κ2) is 6.18. The van der Waals surface area contributed by atoms with E-state index in [0.717, 1.165) is 17.7 Å². The number of carbonyl (C=O) groups excluding carboxylic acids is 1. The van der Waals surface area contributed by atoms with Crippen molar-refractivity contribution < 1.29 is 14.7 Å². The van der Waals surface area contributed by atoms with E-state index in [1.54, 1.807) is 0 Å². The molecule has 0 bridgehead atoms. The lowest BCUT2D eigenvalue weighted by molar-refractivity contribution is -0.131. The van der Waals surface area contributed by atoms with Crippen LogP contribution in [0.5, 0.6) is 0 Å². The van der Waals surface area contributed by atoms with Gasteiger partial charge in [0.1, 0.15) is 0 Å². The van der Waals surface area contributed by atoms with E-state index in [2.05, 4.69) is 5.32 Å². The molecule has 0 fully saturated rings. The Morgan fingerprint density at radius 3 is 2.47 bits per heavy atom. The van der Waals surface area contributed by atoms with E-state index in [1.807, 2.05) is 45.0 Å². The third-order valence-corrected chi connectivity index (χ3v) is 2.96. The Kier molecular flexibility index (Phi) is 4.87. The lowest BCUT2D eigenvalue weighted by Gasteiger charge is -2.27. The number of aliphatic carboxylic acids is 1. The first-order valence-corrected chi connectivity index (χ1v) is 6.08. The largest absolute Gasteiger partial charge is 0.478 e. The van der Waals surface area contributed by atoms with Gasteiger partial charge in [-0.05, 0) is 18.1 Å². The summed E-state index contributed by atoms with van der Waals surface area (Å²) in [6.45, 7) is 6.55. The van der Waals surface area contributed by atoms with Crippen LogP contribution < -0.4 is 5.32 Å². The molecule has 0 spiro atoms. The molecule has 2 N–H and O–H groups in total. The fraction of sp³-hybridized carbons (Fsp3) is 0.333. The lowest BCUT2D eigenvalue weighted by atomic mass is 9.82. The number of hydrogen-bond donors (Lipinski definition) is 2. The minimum atomic E-state index is -1.13. The molecule has 1 rings (SSSR count). The zero-order chi connectivity index (χ0) is 14.5. The molecule has 4 heteroatoms. The van der Waals surface area contributed by atoms with Crippen LogP contribution >= 0.6 is 0 Å². The highest BCUT2D eigenvalue weighted by molar-refractivity contribution is 5.93. The first-order valence-electron chi connectivity index (χ1n) is 6.08. The van der Waals surface area contributed by atoms with Crippen molar-refractivity contribution in [2.24, 2.45) is 0 Å². The van der Waals surface area contributed by atoms with Gasteiger partial charge in [-0.25, -0.2) is 4.79 Å². The van der Waals surface area contributed by atoms with Crippen LogP contribution in [0.2, 0.25) is 0 Å². The number of carboxylic acids is 1. The summed E-state index contributed by atoms with van der Waals surface area (Å²) in [5, 5.41) is 11.2. The maximum Gasteiger partial charge on any atom is 0.328 e. The molecule has 0 unspecified atom stereocenters. The number of benzene rings is 1. The zero-order valence-electron chi connectivity index (χ0n) is 11.4. The molecule has 0 aromatic heterocycles. The van der Waals surface area contributed by atoms with Crippen molar-refractivity contribution in [1.82, 2.24) is 5.32 Å². The van der Waals surface area contributed by atoms with E-state index in [4.69, 9.17) is 5.11 Å². The second-order valence-corrected chi connectivity index (χ2v) is 5.09. The Bertz CT molecular complexity index is 504. The van der Waals surface area contributed by atoms with E-state index in [9.17, 15) is 9.59 Å². The van der Waals surface area contributed by atoms with Crippen LogP contribution in [0.25, 0.3) is 0 Å². The van der Waals surface area contributed by atoms with Crippen LogP contribution in [0.1, 0.15) is 25.0 Å². The summed E-state index contributed by atoms with van der Waals surface area (Å²) in [4.78, 5) is 21.8. The first-order chi connectivity index (χ1) is 8.83. The average molecular weight is 261 g/mol. The smallest absolute Gasteiger partial charge is 0.328 e. The molecule has 4 nitrogen and oxygen atoms in total. The maximum atomic E-state index is 11.4. The molecule has 0 aliphatic rings. The molecule has 0 heterocycles. The molecule has 0 aliphatic heterocycles. The van der Waals surface area contributed by atoms with Gasteiger partial charge < -0.3 is 10.4 Å². The molecule has 0 saturated carbocycles. The van der Waals surface area contributed by atoms with Crippen molar-refractivity contribution in [2.45, 2.75) is 26.2 Å². The second-order valence-electron chi connectivity index (χ2n) is 5.09. The Labute approximate surface area is 113 Å². The van der Waals surface area contributed by atoms with Gasteiger partial charge in [-0.15, -0.1) is 0 Å². The van der Waals surface area contributed by atoms with Crippen LogP contribution in [0.4, 0.5) is 0 Å². The lowest BCUT2D eigenvalue weighted by Crippen LogP contribution is -2.36. The molecule has 102 valence electrons. The average Bonchev–Trinajstić information content (AvgIpc) is 2.34. The number of nitrogens with one attached hydrogen (secondary N) is 1. The van der Waals surface area contributed by atoms with Gasteiger partial charge >= 0.3 is 5.97 Å². The van der Waals surface area contributed by atoms with Crippen LogP contribution in [0, 0.1) is 6.92 Å².